The van der Waals surface area contributed by atoms with Gasteiger partial charge in [-0.3, -0.25) is 9.48 Å². The number of amides is 1. The highest BCUT2D eigenvalue weighted by Gasteiger charge is 2.24. The van der Waals surface area contributed by atoms with Crippen molar-refractivity contribution in [3.63, 3.8) is 0 Å². The average molecular weight is 341 g/mol. The highest BCUT2D eigenvalue weighted by atomic mass is 16.4. The van der Waals surface area contributed by atoms with E-state index in [1.165, 1.54) is 0 Å². The minimum Gasteiger partial charge on any atom is -0.478 e. The van der Waals surface area contributed by atoms with Crippen LogP contribution in [0.2, 0.25) is 0 Å². The van der Waals surface area contributed by atoms with E-state index in [0.29, 0.717) is 18.5 Å². The average Bonchev–Trinajstić information content (AvgIpc) is 3.15. The minimum absolute atomic E-state index is 0.172. The van der Waals surface area contributed by atoms with Crippen molar-refractivity contribution < 1.29 is 14.7 Å². The van der Waals surface area contributed by atoms with Crippen LogP contribution in [0.3, 0.4) is 0 Å². The van der Waals surface area contributed by atoms with E-state index in [1.807, 2.05) is 27.9 Å². The molecular formula is C19H23N3O3. The summed E-state index contributed by atoms with van der Waals surface area (Å²) < 4.78 is 1.84. The lowest BCUT2D eigenvalue weighted by atomic mass is 9.89. The number of aromatic nitrogens is 2. The largest absolute Gasteiger partial charge is 0.478 e. The van der Waals surface area contributed by atoms with E-state index in [2.05, 4.69) is 5.10 Å². The van der Waals surface area contributed by atoms with Crippen LogP contribution >= 0.6 is 0 Å². The molecule has 1 atom stereocenters. The van der Waals surface area contributed by atoms with E-state index in [1.54, 1.807) is 24.4 Å². The number of rotatable bonds is 6. The number of carboxylic acid groups (broad SMARTS) is 1. The maximum absolute atomic E-state index is 12.5. The number of hydrogen-bond acceptors (Lipinski definition) is 3. The van der Waals surface area contributed by atoms with E-state index < -0.39 is 5.97 Å². The van der Waals surface area contributed by atoms with Crippen molar-refractivity contribution in [3.05, 3.63) is 53.9 Å². The number of hydrogen-bond donors (Lipinski definition) is 1. The summed E-state index contributed by atoms with van der Waals surface area (Å²) in [6, 6.07) is 8.96. The minimum atomic E-state index is -0.913. The SMILES string of the molecule is O=C(O)c1cccc(C2CCCN(C(=O)CCCn3cccn3)C2)c1. The normalized spacial score (nSPS) is 17.4. The van der Waals surface area contributed by atoms with E-state index in [0.717, 1.165) is 37.9 Å². The highest BCUT2D eigenvalue weighted by Crippen LogP contribution is 2.28. The van der Waals surface area contributed by atoms with Crippen molar-refractivity contribution in [1.82, 2.24) is 14.7 Å². The van der Waals surface area contributed by atoms with Gasteiger partial charge in [-0.2, -0.15) is 5.10 Å². The van der Waals surface area contributed by atoms with E-state index in [9.17, 15) is 9.59 Å². The molecule has 1 saturated heterocycles. The summed E-state index contributed by atoms with van der Waals surface area (Å²) in [5, 5.41) is 13.3. The summed E-state index contributed by atoms with van der Waals surface area (Å²) in [5.41, 5.74) is 1.31. The number of carbonyl (C=O) groups is 2. The first-order valence-corrected chi connectivity index (χ1v) is 8.72. The summed E-state index contributed by atoms with van der Waals surface area (Å²) in [6.07, 6.45) is 6.87. The lowest BCUT2D eigenvalue weighted by Crippen LogP contribution is -2.39. The van der Waals surface area contributed by atoms with Crippen LogP contribution in [-0.2, 0) is 11.3 Å². The Hall–Kier alpha value is -2.63. The molecule has 1 aromatic carbocycles. The first-order chi connectivity index (χ1) is 12.1. The number of benzene rings is 1. The summed E-state index contributed by atoms with van der Waals surface area (Å²) in [7, 11) is 0. The van der Waals surface area contributed by atoms with Gasteiger partial charge < -0.3 is 10.0 Å². The van der Waals surface area contributed by atoms with E-state index in [4.69, 9.17) is 5.11 Å². The van der Waals surface area contributed by atoms with Gasteiger partial charge in [0, 0.05) is 44.4 Å². The lowest BCUT2D eigenvalue weighted by Gasteiger charge is -2.33. The Bertz CT molecular complexity index is 727. The molecule has 1 aliphatic rings. The fourth-order valence-electron chi connectivity index (χ4n) is 3.38. The van der Waals surface area contributed by atoms with E-state index >= 15 is 0 Å². The predicted octanol–water partition coefficient (Wildman–Crippen LogP) is 2.77. The molecule has 25 heavy (non-hydrogen) atoms. The number of likely N-dealkylation sites (tertiary alicyclic amines) is 1. The molecule has 1 N–H and O–H groups in total. The number of piperidine rings is 1. The molecule has 0 bridgehead atoms. The van der Waals surface area contributed by atoms with Crippen LogP contribution in [0.5, 0.6) is 0 Å². The molecule has 1 aromatic heterocycles. The molecular weight excluding hydrogens is 318 g/mol. The standard InChI is InChI=1S/C19H23N3O3/c23-18(8-3-11-22-12-4-9-20-22)21-10-2-7-17(14-21)15-5-1-6-16(13-15)19(24)25/h1,4-6,9,12-13,17H,2-3,7-8,10-11,14H2,(H,24,25). The quantitative estimate of drug-likeness (QED) is 0.876. The van der Waals surface area contributed by atoms with Gasteiger partial charge in [-0.25, -0.2) is 4.79 Å². The van der Waals surface area contributed by atoms with Gasteiger partial charge in [0.25, 0.3) is 0 Å². The maximum atomic E-state index is 12.5. The van der Waals surface area contributed by atoms with Crippen LogP contribution in [0.1, 0.15) is 47.5 Å². The Morgan fingerprint density at radius 1 is 1.28 bits per heavy atom. The summed E-state index contributed by atoms with van der Waals surface area (Å²) in [5.74, 6) is -0.529. The second-order valence-electron chi connectivity index (χ2n) is 6.48. The molecule has 3 rings (SSSR count). The second-order valence-corrected chi connectivity index (χ2v) is 6.48. The lowest BCUT2D eigenvalue weighted by molar-refractivity contribution is -0.132. The molecule has 0 aliphatic carbocycles. The zero-order valence-electron chi connectivity index (χ0n) is 14.2. The van der Waals surface area contributed by atoms with Crippen LogP contribution in [0, 0.1) is 0 Å². The highest BCUT2D eigenvalue weighted by molar-refractivity contribution is 5.87. The fraction of sp³-hybridized carbons (Fsp3) is 0.421. The number of aromatic carboxylic acids is 1. The summed E-state index contributed by atoms with van der Waals surface area (Å²) >= 11 is 0. The molecule has 2 heterocycles. The zero-order valence-corrected chi connectivity index (χ0v) is 14.2. The summed E-state index contributed by atoms with van der Waals surface area (Å²) in [6.45, 7) is 2.20. The first kappa shape index (κ1) is 17.2. The van der Waals surface area contributed by atoms with Crippen LogP contribution in [0.25, 0.3) is 0 Å². The molecule has 132 valence electrons. The molecule has 1 aliphatic heterocycles. The molecule has 1 unspecified atom stereocenters. The molecule has 0 spiro atoms. The summed E-state index contributed by atoms with van der Waals surface area (Å²) in [4.78, 5) is 25.6. The van der Waals surface area contributed by atoms with Gasteiger partial charge in [-0.1, -0.05) is 12.1 Å². The van der Waals surface area contributed by atoms with Crippen molar-refractivity contribution in [2.75, 3.05) is 13.1 Å². The van der Waals surface area contributed by atoms with Crippen molar-refractivity contribution >= 4 is 11.9 Å². The molecule has 2 aromatic rings. The first-order valence-electron chi connectivity index (χ1n) is 8.72. The van der Waals surface area contributed by atoms with Crippen molar-refractivity contribution in [1.29, 1.82) is 0 Å². The van der Waals surface area contributed by atoms with Gasteiger partial charge in [0.1, 0.15) is 0 Å². The third kappa shape index (κ3) is 4.47. The molecule has 6 nitrogen and oxygen atoms in total. The van der Waals surface area contributed by atoms with Gasteiger partial charge in [-0.15, -0.1) is 0 Å². The van der Waals surface area contributed by atoms with Crippen molar-refractivity contribution in [3.8, 4) is 0 Å². The van der Waals surface area contributed by atoms with Gasteiger partial charge in [0.2, 0.25) is 5.91 Å². The van der Waals surface area contributed by atoms with Crippen LogP contribution in [0.15, 0.2) is 42.7 Å². The van der Waals surface area contributed by atoms with Crippen molar-refractivity contribution in [2.24, 2.45) is 0 Å². The Morgan fingerprint density at radius 3 is 2.92 bits per heavy atom. The zero-order chi connectivity index (χ0) is 17.6. The molecule has 1 amide bonds. The number of carbonyl (C=O) groups excluding carboxylic acids is 1. The number of nitrogens with zero attached hydrogens (tertiary/aromatic N) is 3. The second kappa shape index (κ2) is 7.96. The Balaban J connectivity index is 1.56. The predicted molar refractivity (Wildman–Crippen MR) is 93.4 cm³/mol. The van der Waals surface area contributed by atoms with Gasteiger partial charge in [0.05, 0.1) is 5.56 Å². The van der Waals surface area contributed by atoms with Crippen molar-refractivity contribution in [2.45, 2.75) is 38.1 Å². The molecule has 1 fully saturated rings. The topological polar surface area (TPSA) is 75.4 Å². The monoisotopic (exact) mass is 341 g/mol. The van der Waals surface area contributed by atoms with Gasteiger partial charge in [0.15, 0.2) is 0 Å². The number of carboxylic acids is 1. The third-order valence-electron chi connectivity index (χ3n) is 4.72. The number of aryl methyl sites for hydroxylation is 1. The Kier molecular flexibility index (Phi) is 5.48. The van der Waals surface area contributed by atoms with Gasteiger partial charge in [-0.05, 0) is 43.0 Å². The van der Waals surface area contributed by atoms with Crippen LogP contribution in [0.4, 0.5) is 0 Å². The fourth-order valence-corrected chi connectivity index (χ4v) is 3.38. The van der Waals surface area contributed by atoms with E-state index in [-0.39, 0.29) is 11.8 Å². The third-order valence-corrected chi connectivity index (χ3v) is 4.72. The molecule has 0 radical (unpaired) electrons. The van der Waals surface area contributed by atoms with Crippen LogP contribution in [-0.4, -0.2) is 44.8 Å². The van der Waals surface area contributed by atoms with Crippen LogP contribution < -0.4 is 0 Å². The Labute approximate surface area is 147 Å². The molecule has 0 saturated carbocycles. The molecule has 6 heteroatoms. The smallest absolute Gasteiger partial charge is 0.335 e. The Morgan fingerprint density at radius 2 is 2.16 bits per heavy atom. The maximum Gasteiger partial charge on any atom is 0.335 e. The van der Waals surface area contributed by atoms with Gasteiger partial charge >= 0.3 is 5.97 Å².